The molecule has 0 saturated carbocycles. The number of benzene rings is 2. The molecular weight excluding hydrogens is 387 g/mol. The number of ether oxygens (including phenoxy) is 2. The number of rotatable bonds is 6. The van der Waals surface area contributed by atoms with Crippen molar-refractivity contribution in [2.75, 3.05) is 7.11 Å². The minimum absolute atomic E-state index is 0.00764. The second-order valence-electron chi connectivity index (χ2n) is 4.88. The molecule has 0 aliphatic rings. The number of allylic oxidation sites excluding steroid dienone is 1. The van der Waals surface area contributed by atoms with Gasteiger partial charge in [-0.1, -0.05) is 35.3 Å². The van der Waals surface area contributed by atoms with Gasteiger partial charge in [0.05, 0.1) is 22.7 Å². The SMILES string of the molecule is COc1cc(/C=C(/C#N)C(=O)c2c(Cl)cccc2Cl)ccc1OC(F)F. The highest BCUT2D eigenvalue weighted by Gasteiger charge is 2.19. The zero-order chi connectivity index (χ0) is 19.3. The number of Topliss-reactive ketones (excluding diaryl/α,β-unsaturated/α-hetero) is 1. The van der Waals surface area contributed by atoms with Gasteiger partial charge in [-0.2, -0.15) is 14.0 Å². The van der Waals surface area contributed by atoms with Crippen LogP contribution < -0.4 is 9.47 Å². The van der Waals surface area contributed by atoms with Crippen LogP contribution in [0.4, 0.5) is 8.78 Å². The molecule has 0 fully saturated rings. The van der Waals surface area contributed by atoms with E-state index >= 15 is 0 Å². The Kier molecular flexibility index (Phi) is 6.56. The molecule has 0 bridgehead atoms. The number of methoxy groups -OCH3 is 1. The van der Waals surface area contributed by atoms with Crippen LogP contribution in [0.2, 0.25) is 10.0 Å². The maximum Gasteiger partial charge on any atom is 0.387 e. The van der Waals surface area contributed by atoms with Gasteiger partial charge >= 0.3 is 6.61 Å². The summed E-state index contributed by atoms with van der Waals surface area (Å²) in [5.41, 5.74) is 0.148. The van der Waals surface area contributed by atoms with Crippen molar-refractivity contribution in [3.63, 3.8) is 0 Å². The van der Waals surface area contributed by atoms with Gasteiger partial charge in [0.1, 0.15) is 11.6 Å². The van der Waals surface area contributed by atoms with E-state index in [0.29, 0.717) is 5.56 Å². The number of ketones is 1. The lowest BCUT2D eigenvalue weighted by Gasteiger charge is -2.10. The summed E-state index contributed by atoms with van der Waals surface area (Å²) in [6.45, 7) is -3.01. The summed E-state index contributed by atoms with van der Waals surface area (Å²) in [5, 5.41) is 9.55. The van der Waals surface area contributed by atoms with Crippen LogP contribution in [0.15, 0.2) is 42.0 Å². The normalized spacial score (nSPS) is 11.2. The molecule has 2 aromatic carbocycles. The molecule has 0 amide bonds. The van der Waals surface area contributed by atoms with Crippen molar-refractivity contribution in [2.24, 2.45) is 0 Å². The first-order valence-electron chi connectivity index (χ1n) is 7.10. The summed E-state index contributed by atoms with van der Waals surface area (Å²) in [4.78, 5) is 12.6. The molecule has 0 aliphatic carbocycles. The Morgan fingerprint density at radius 2 is 1.85 bits per heavy atom. The molecular formula is C18H11Cl2F2NO3. The van der Waals surface area contributed by atoms with Gasteiger partial charge in [0.25, 0.3) is 0 Å². The summed E-state index contributed by atoms with van der Waals surface area (Å²) >= 11 is 12.0. The Bertz CT molecular complexity index is 888. The van der Waals surface area contributed by atoms with Crippen LogP contribution in [0, 0.1) is 11.3 Å². The predicted molar refractivity (Wildman–Crippen MR) is 94.0 cm³/mol. The van der Waals surface area contributed by atoms with Crippen LogP contribution >= 0.6 is 23.2 Å². The van der Waals surface area contributed by atoms with Crippen LogP contribution in [0.1, 0.15) is 15.9 Å². The lowest BCUT2D eigenvalue weighted by molar-refractivity contribution is -0.0512. The molecule has 0 aromatic heterocycles. The van der Waals surface area contributed by atoms with Crippen LogP contribution in [0.5, 0.6) is 11.5 Å². The molecule has 0 atom stereocenters. The van der Waals surface area contributed by atoms with Gasteiger partial charge in [-0.3, -0.25) is 4.79 Å². The molecule has 134 valence electrons. The number of nitriles is 1. The van der Waals surface area contributed by atoms with Gasteiger partial charge in [0.15, 0.2) is 11.5 Å². The number of hydrogen-bond acceptors (Lipinski definition) is 4. The van der Waals surface area contributed by atoms with Gasteiger partial charge in [-0.25, -0.2) is 0 Å². The molecule has 2 aromatic rings. The third-order valence-corrected chi connectivity index (χ3v) is 3.90. The zero-order valence-corrected chi connectivity index (χ0v) is 14.8. The van der Waals surface area contributed by atoms with E-state index in [-0.39, 0.29) is 32.7 Å². The fraction of sp³-hybridized carbons (Fsp3) is 0.111. The number of alkyl halides is 2. The molecule has 0 unspecified atom stereocenters. The molecule has 4 nitrogen and oxygen atoms in total. The van der Waals surface area contributed by atoms with Crippen molar-refractivity contribution in [1.29, 1.82) is 5.26 Å². The number of carbonyl (C=O) groups excluding carboxylic acids is 1. The van der Waals surface area contributed by atoms with E-state index in [1.54, 1.807) is 12.1 Å². The van der Waals surface area contributed by atoms with E-state index in [1.165, 1.54) is 43.5 Å². The molecule has 0 heterocycles. The van der Waals surface area contributed by atoms with Crippen molar-refractivity contribution in [1.82, 2.24) is 0 Å². The highest BCUT2D eigenvalue weighted by atomic mass is 35.5. The Labute approximate surface area is 158 Å². The van der Waals surface area contributed by atoms with E-state index in [9.17, 15) is 18.8 Å². The van der Waals surface area contributed by atoms with Gasteiger partial charge in [-0.05, 0) is 35.9 Å². The zero-order valence-electron chi connectivity index (χ0n) is 13.3. The molecule has 0 saturated heterocycles. The van der Waals surface area contributed by atoms with Crippen molar-refractivity contribution in [3.8, 4) is 17.6 Å². The Balaban J connectivity index is 2.43. The van der Waals surface area contributed by atoms with Gasteiger partial charge < -0.3 is 9.47 Å². The Morgan fingerprint density at radius 3 is 2.38 bits per heavy atom. The second-order valence-corrected chi connectivity index (χ2v) is 5.70. The fourth-order valence-electron chi connectivity index (χ4n) is 2.13. The predicted octanol–water partition coefficient (Wildman–Crippen LogP) is 5.39. The monoisotopic (exact) mass is 397 g/mol. The number of carbonyl (C=O) groups is 1. The van der Waals surface area contributed by atoms with E-state index in [2.05, 4.69) is 4.74 Å². The lowest BCUT2D eigenvalue weighted by atomic mass is 10.0. The van der Waals surface area contributed by atoms with Crippen LogP contribution in [0.3, 0.4) is 0 Å². The third-order valence-electron chi connectivity index (χ3n) is 3.27. The summed E-state index contributed by atoms with van der Waals surface area (Å²) in [6.07, 6.45) is 1.27. The fourth-order valence-corrected chi connectivity index (χ4v) is 2.70. The minimum Gasteiger partial charge on any atom is -0.493 e. The van der Waals surface area contributed by atoms with Gasteiger partial charge in [0.2, 0.25) is 5.78 Å². The smallest absolute Gasteiger partial charge is 0.387 e. The van der Waals surface area contributed by atoms with Crippen LogP contribution in [-0.2, 0) is 0 Å². The summed E-state index contributed by atoms with van der Waals surface area (Å²) in [7, 11) is 1.28. The molecule has 26 heavy (non-hydrogen) atoms. The molecule has 0 aliphatic heterocycles. The van der Waals surface area contributed by atoms with Crippen LogP contribution in [0.25, 0.3) is 6.08 Å². The van der Waals surface area contributed by atoms with Gasteiger partial charge in [0, 0.05) is 0 Å². The molecule has 0 spiro atoms. The quantitative estimate of drug-likeness (QED) is 0.372. The van der Waals surface area contributed by atoms with Crippen LogP contribution in [-0.4, -0.2) is 19.5 Å². The number of hydrogen-bond donors (Lipinski definition) is 0. The van der Waals surface area contributed by atoms with E-state index in [0.717, 1.165) is 0 Å². The van der Waals surface area contributed by atoms with Gasteiger partial charge in [-0.15, -0.1) is 0 Å². The number of halogens is 4. The highest BCUT2D eigenvalue weighted by Crippen LogP contribution is 2.31. The molecule has 2 rings (SSSR count). The topological polar surface area (TPSA) is 59.3 Å². The maximum absolute atomic E-state index is 12.6. The summed E-state index contributed by atoms with van der Waals surface area (Å²) in [5.74, 6) is -0.798. The minimum atomic E-state index is -3.01. The lowest BCUT2D eigenvalue weighted by Crippen LogP contribution is -2.05. The highest BCUT2D eigenvalue weighted by molar-refractivity contribution is 6.41. The standard InChI is InChI=1S/C18H11Cl2F2NO3/c1-25-15-8-10(5-6-14(15)26-18(21)22)7-11(9-23)17(24)16-12(19)3-2-4-13(16)20/h2-8,18H,1H3/b11-7-. The van der Waals surface area contributed by atoms with Crippen molar-refractivity contribution in [2.45, 2.75) is 6.61 Å². The maximum atomic E-state index is 12.6. The first kappa shape index (κ1) is 19.7. The van der Waals surface area contributed by atoms with Crippen molar-refractivity contribution in [3.05, 3.63) is 63.1 Å². The summed E-state index contributed by atoms with van der Waals surface area (Å²) < 4.78 is 34.1. The second kappa shape index (κ2) is 8.65. The van der Waals surface area contributed by atoms with E-state index < -0.39 is 12.4 Å². The molecule has 0 N–H and O–H groups in total. The molecule has 8 heteroatoms. The van der Waals surface area contributed by atoms with Crippen molar-refractivity contribution < 1.29 is 23.0 Å². The average molecular weight is 398 g/mol. The first-order chi connectivity index (χ1) is 12.4. The Morgan fingerprint density at radius 1 is 1.19 bits per heavy atom. The number of nitrogens with zero attached hydrogens (tertiary/aromatic N) is 1. The third kappa shape index (κ3) is 4.51. The summed E-state index contributed by atoms with van der Waals surface area (Å²) in [6, 6.07) is 10.3. The molecule has 0 radical (unpaired) electrons. The Hall–Kier alpha value is -2.62. The van der Waals surface area contributed by atoms with E-state index in [1.807, 2.05) is 0 Å². The van der Waals surface area contributed by atoms with E-state index in [4.69, 9.17) is 27.9 Å². The largest absolute Gasteiger partial charge is 0.493 e. The first-order valence-corrected chi connectivity index (χ1v) is 7.86. The van der Waals surface area contributed by atoms with Crippen molar-refractivity contribution >= 4 is 35.1 Å². The average Bonchev–Trinajstić information content (AvgIpc) is 2.59.